The van der Waals surface area contributed by atoms with E-state index in [4.69, 9.17) is 27.9 Å². The number of benzene rings is 2. The monoisotopic (exact) mass is 435 g/mol. The molecule has 0 bridgehead atoms. The van der Waals surface area contributed by atoms with Crippen molar-refractivity contribution < 1.29 is 14.3 Å². The Kier molecular flexibility index (Phi) is 6.67. The van der Waals surface area contributed by atoms with Gasteiger partial charge in [0.25, 0.3) is 0 Å². The van der Waals surface area contributed by atoms with E-state index in [-0.39, 0.29) is 5.91 Å². The molecule has 1 aliphatic heterocycles. The number of carbonyl (C=O) groups is 2. The Labute approximate surface area is 180 Å². The molecule has 0 spiro atoms. The van der Waals surface area contributed by atoms with Gasteiger partial charge in [0.05, 0.1) is 13.2 Å². The summed E-state index contributed by atoms with van der Waals surface area (Å²) in [5.41, 5.74) is 3.17. The quantitative estimate of drug-likeness (QED) is 0.689. The Hall–Kier alpha value is -2.28. The molecule has 154 valence electrons. The van der Waals surface area contributed by atoms with Crippen LogP contribution in [0.1, 0.15) is 30.5 Å². The van der Waals surface area contributed by atoms with Gasteiger partial charge in [-0.3, -0.25) is 4.79 Å². The van der Waals surface area contributed by atoms with Crippen LogP contribution in [-0.4, -0.2) is 32.1 Å². The van der Waals surface area contributed by atoms with Gasteiger partial charge < -0.3 is 20.3 Å². The van der Waals surface area contributed by atoms with E-state index < -0.39 is 18.1 Å². The van der Waals surface area contributed by atoms with Crippen LogP contribution in [0.25, 0.3) is 0 Å². The van der Waals surface area contributed by atoms with E-state index in [0.29, 0.717) is 22.2 Å². The number of hydrogen-bond donors (Lipinski definition) is 2. The molecule has 1 aliphatic rings. The molecule has 0 saturated carbocycles. The van der Waals surface area contributed by atoms with Gasteiger partial charge in [0.1, 0.15) is 6.04 Å². The van der Waals surface area contributed by atoms with Crippen LogP contribution in [0, 0.1) is 0 Å². The zero-order valence-corrected chi connectivity index (χ0v) is 18.0. The number of esters is 1. The molecule has 29 heavy (non-hydrogen) atoms. The summed E-state index contributed by atoms with van der Waals surface area (Å²) < 4.78 is 4.92. The lowest BCUT2D eigenvalue weighted by Crippen LogP contribution is -2.43. The highest BCUT2D eigenvalue weighted by Gasteiger charge is 2.38. The molecular weight excluding hydrogens is 413 g/mol. The number of nitrogens with one attached hydrogen (secondary N) is 2. The molecule has 6 nitrogen and oxygen atoms in total. The Bertz CT molecular complexity index is 918. The molecule has 2 aromatic carbocycles. The van der Waals surface area contributed by atoms with E-state index in [1.807, 2.05) is 31.3 Å². The van der Waals surface area contributed by atoms with Crippen molar-refractivity contribution >= 4 is 46.5 Å². The Morgan fingerprint density at radius 2 is 1.93 bits per heavy atom. The topological polar surface area (TPSA) is 70.7 Å². The van der Waals surface area contributed by atoms with Crippen LogP contribution in [0.15, 0.2) is 36.4 Å². The molecule has 3 rings (SSSR count). The summed E-state index contributed by atoms with van der Waals surface area (Å²) in [6.07, 6.45) is 0.318. The van der Waals surface area contributed by atoms with Gasteiger partial charge in [-0.2, -0.15) is 0 Å². The summed E-state index contributed by atoms with van der Waals surface area (Å²) in [7, 11) is 3.21. The summed E-state index contributed by atoms with van der Waals surface area (Å²) in [4.78, 5) is 26.6. The Morgan fingerprint density at radius 1 is 1.24 bits per heavy atom. The molecule has 0 saturated heterocycles. The molecule has 0 unspecified atom stereocenters. The molecule has 0 aromatic heterocycles. The van der Waals surface area contributed by atoms with Crippen LogP contribution in [-0.2, 0) is 20.9 Å². The number of methoxy groups -OCH3 is 1. The standard InChI is InChI=1S/C21H23Cl2N3O3/c1-12(27)26(15-6-4-13(5-7-15)11-24-2)19-10-18(21(28)29-3)25-17-9-14(22)8-16(23)20(17)19/h4-9,18-19,24-25H,10-11H2,1-3H3/t18-,19+/m0/s1. The molecule has 2 atom stereocenters. The summed E-state index contributed by atoms with van der Waals surface area (Å²) >= 11 is 12.7. The van der Waals surface area contributed by atoms with Gasteiger partial charge in [-0.1, -0.05) is 35.3 Å². The van der Waals surface area contributed by atoms with Crippen molar-refractivity contribution in [2.75, 3.05) is 24.4 Å². The van der Waals surface area contributed by atoms with Crippen LogP contribution < -0.4 is 15.5 Å². The minimum Gasteiger partial charge on any atom is -0.467 e. The Morgan fingerprint density at radius 3 is 2.52 bits per heavy atom. The first-order valence-corrected chi connectivity index (χ1v) is 9.98. The van der Waals surface area contributed by atoms with E-state index in [1.165, 1.54) is 14.0 Å². The second-order valence-electron chi connectivity index (χ2n) is 6.91. The molecule has 0 aliphatic carbocycles. The first kappa shape index (κ1) is 21.4. The summed E-state index contributed by atoms with van der Waals surface area (Å²) in [6.45, 7) is 2.23. The van der Waals surface area contributed by atoms with E-state index in [0.717, 1.165) is 23.4 Å². The number of anilines is 2. The highest BCUT2D eigenvalue weighted by Crippen LogP contribution is 2.44. The maximum Gasteiger partial charge on any atom is 0.328 e. The third-order valence-corrected chi connectivity index (χ3v) is 5.48. The molecule has 2 aromatic rings. The highest BCUT2D eigenvalue weighted by molar-refractivity contribution is 6.35. The first-order chi connectivity index (χ1) is 13.8. The van der Waals surface area contributed by atoms with Gasteiger partial charge in [0, 0.05) is 46.9 Å². The minimum absolute atomic E-state index is 0.154. The van der Waals surface area contributed by atoms with Crippen molar-refractivity contribution in [3.63, 3.8) is 0 Å². The third-order valence-electron chi connectivity index (χ3n) is 4.95. The number of rotatable bonds is 5. The fraction of sp³-hybridized carbons (Fsp3) is 0.333. The fourth-order valence-electron chi connectivity index (χ4n) is 3.72. The molecular formula is C21H23Cl2N3O3. The molecule has 1 heterocycles. The lowest BCUT2D eigenvalue weighted by Gasteiger charge is -2.39. The predicted molar refractivity (Wildman–Crippen MR) is 116 cm³/mol. The number of hydrogen-bond acceptors (Lipinski definition) is 5. The first-order valence-electron chi connectivity index (χ1n) is 9.22. The highest BCUT2D eigenvalue weighted by atomic mass is 35.5. The smallest absolute Gasteiger partial charge is 0.328 e. The second kappa shape index (κ2) is 9.03. The zero-order chi connectivity index (χ0) is 21.1. The van der Waals surface area contributed by atoms with E-state index in [2.05, 4.69) is 10.6 Å². The van der Waals surface area contributed by atoms with E-state index >= 15 is 0 Å². The predicted octanol–water partition coefficient (Wildman–Crippen LogP) is 4.16. The summed E-state index contributed by atoms with van der Waals surface area (Å²) in [5.74, 6) is -0.566. The minimum atomic E-state index is -0.627. The van der Waals surface area contributed by atoms with Crippen LogP contribution in [0.2, 0.25) is 10.0 Å². The molecule has 8 heteroatoms. The fourth-order valence-corrected chi connectivity index (χ4v) is 4.34. The average molecular weight is 436 g/mol. The van der Waals surface area contributed by atoms with Crippen molar-refractivity contribution in [2.45, 2.75) is 32.0 Å². The largest absolute Gasteiger partial charge is 0.467 e. The number of halogens is 2. The summed E-state index contributed by atoms with van der Waals surface area (Å²) in [5, 5.41) is 7.12. The number of nitrogens with zero attached hydrogens (tertiary/aromatic N) is 1. The van der Waals surface area contributed by atoms with Crippen molar-refractivity contribution in [3.8, 4) is 0 Å². The van der Waals surface area contributed by atoms with Gasteiger partial charge in [0.15, 0.2) is 0 Å². The van der Waals surface area contributed by atoms with Gasteiger partial charge in [0.2, 0.25) is 5.91 Å². The number of carbonyl (C=O) groups excluding carboxylic acids is 2. The van der Waals surface area contributed by atoms with E-state index in [9.17, 15) is 9.59 Å². The summed E-state index contributed by atoms with van der Waals surface area (Å²) in [6, 6.07) is 9.99. The molecule has 1 amide bonds. The number of amides is 1. The number of ether oxygens (including phenoxy) is 1. The van der Waals surface area contributed by atoms with Crippen LogP contribution in [0.3, 0.4) is 0 Å². The van der Waals surface area contributed by atoms with Gasteiger partial charge >= 0.3 is 5.97 Å². The Balaban J connectivity index is 2.09. The van der Waals surface area contributed by atoms with Crippen molar-refractivity contribution in [3.05, 3.63) is 57.6 Å². The van der Waals surface area contributed by atoms with Gasteiger partial charge in [-0.15, -0.1) is 0 Å². The lowest BCUT2D eigenvalue weighted by molar-refractivity contribution is -0.142. The van der Waals surface area contributed by atoms with Crippen LogP contribution >= 0.6 is 23.2 Å². The zero-order valence-electron chi connectivity index (χ0n) is 16.5. The van der Waals surface area contributed by atoms with Crippen LogP contribution in [0.5, 0.6) is 0 Å². The maximum atomic E-state index is 12.7. The number of fused-ring (bicyclic) bond motifs is 1. The maximum absolute atomic E-state index is 12.7. The average Bonchev–Trinajstić information content (AvgIpc) is 2.68. The van der Waals surface area contributed by atoms with Gasteiger partial charge in [-0.25, -0.2) is 4.79 Å². The molecule has 0 radical (unpaired) electrons. The van der Waals surface area contributed by atoms with Gasteiger partial charge in [-0.05, 0) is 36.9 Å². The van der Waals surface area contributed by atoms with Crippen molar-refractivity contribution in [1.82, 2.24) is 5.32 Å². The SMILES string of the molecule is CNCc1ccc(N(C(C)=O)[C@@H]2C[C@@H](C(=O)OC)Nc3cc(Cl)cc(Cl)c32)cc1. The third kappa shape index (κ3) is 4.50. The lowest BCUT2D eigenvalue weighted by atomic mass is 9.90. The molecule has 2 N–H and O–H groups in total. The van der Waals surface area contributed by atoms with Crippen molar-refractivity contribution in [1.29, 1.82) is 0 Å². The van der Waals surface area contributed by atoms with E-state index in [1.54, 1.807) is 17.0 Å². The van der Waals surface area contributed by atoms with Crippen molar-refractivity contribution in [2.24, 2.45) is 0 Å². The molecule has 0 fully saturated rings. The normalized spacial score (nSPS) is 17.8. The second-order valence-corrected chi connectivity index (χ2v) is 7.75. The van der Waals surface area contributed by atoms with Crippen LogP contribution in [0.4, 0.5) is 11.4 Å².